The number of fused-ring (bicyclic) bond motifs is 1. The summed E-state index contributed by atoms with van der Waals surface area (Å²) in [6, 6.07) is 6.96. The second-order valence-corrected chi connectivity index (χ2v) is 6.16. The molecule has 25 heavy (non-hydrogen) atoms. The molecule has 0 saturated carbocycles. The van der Waals surface area contributed by atoms with Crippen molar-refractivity contribution in [2.24, 2.45) is 0 Å². The molecule has 0 amide bonds. The van der Waals surface area contributed by atoms with Crippen LogP contribution in [0.2, 0.25) is 0 Å². The van der Waals surface area contributed by atoms with Gasteiger partial charge in [0, 0.05) is 5.56 Å². The second kappa shape index (κ2) is 7.60. The molecule has 3 aromatic rings. The lowest BCUT2D eigenvalue weighted by molar-refractivity contribution is 0.0418. The zero-order valence-corrected chi connectivity index (χ0v) is 14.5. The molecule has 2 aromatic heterocycles. The first kappa shape index (κ1) is 17.3. The summed E-state index contributed by atoms with van der Waals surface area (Å²) < 4.78 is 23.5. The lowest BCUT2D eigenvalue weighted by Crippen LogP contribution is -2.16. The molecule has 9 nitrogen and oxygen atoms in total. The van der Waals surface area contributed by atoms with Gasteiger partial charge in [0.1, 0.15) is 17.6 Å². The third-order valence-corrected chi connectivity index (χ3v) is 3.97. The van der Waals surface area contributed by atoms with E-state index in [0.717, 1.165) is 0 Å². The van der Waals surface area contributed by atoms with Crippen LogP contribution in [0.25, 0.3) is 11.2 Å². The number of hydrogen-bond acceptors (Lipinski definition) is 7. The lowest BCUT2D eigenvalue weighted by Gasteiger charge is -2.15. The Morgan fingerprint density at radius 3 is 2.92 bits per heavy atom. The van der Waals surface area contributed by atoms with Crippen LogP contribution in [0.1, 0.15) is 12.5 Å². The first-order valence-corrected chi connectivity index (χ1v) is 8.82. The molecule has 0 spiro atoms. The van der Waals surface area contributed by atoms with E-state index in [1.807, 2.05) is 17.6 Å². The number of benzene rings is 1. The van der Waals surface area contributed by atoms with Crippen molar-refractivity contribution >= 4 is 25.2 Å². The lowest BCUT2D eigenvalue weighted by atomic mass is 10.2. The van der Waals surface area contributed by atoms with Crippen LogP contribution in [0.4, 0.5) is 5.82 Å². The zero-order chi connectivity index (χ0) is 17.8. The molecular weight excluding hydrogens is 345 g/mol. The fourth-order valence-corrected chi connectivity index (χ4v) is 2.80. The highest BCUT2D eigenvalue weighted by atomic mass is 31.1. The first-order valence-electron chi connectivity index (χ1n) is 7.56. The van der Waals surface area contributed by atoms with Crippen LogP contribution in [0, 0.1) is 0 Å². The van der Waals surface area contributed by atoms with Gasteiger partial charge < -0.3 is 24.5 Å². The Hall–Kier alpha value is -2.48. The molecule has 132 valence electrons. The van der Waals surface area contributed by atoms with Gasteiger partial charge in [-0.1, -0.05) is 18.2 Å². The van der Waals surface area contributed by atoms with Crippen molar-refractivity contribution in [1.29, 1.82) is 0 Å². The number of nitrogens with zero attached hydrogens (tertiary/aromatic N) is 4. The molecule has 0 aliphatic carbocycles. The van der Waals surface area contributed by atoms with Crippen molar-refractivity contribution in [2.45, 2.75) is 26.2 Å². The largest absolute Gasteiger partial charge is 0.426 e. The van der Waals surface area contributed by atoms with Crippen LogP contribution >= 0.6 is 8.25 Å². The van der Waals surface area contributed by atoms with E-state index in [-0.39, 0.29) is 12.7 Å². The summed E-state index contributed by atoms with van der Waals surface area (Å²) in [5.41, 5.74) is 7.67. The molecule has 3 N–H and O–H groups in total. The Balaban J connectivity index is 1.66. The highest BCUT2D eigenvalue weighted by molar-refractivity contribution is 7.32. The highest BCUT2D eigenvalue weighted by Crippen LogP contribution is 2.27. The maximum atomic E-state index is 10.9. The van der Waals surface area contributed by atoms with Gasteiger partial charge >= 0.3 is 8.25 Å². The van der Waals surface area contributed by atoms with Gasteiger partial charge in [0.15, 0.2) is 11.5 Å². The topological polar surface area (TPSA) is 125 Å². The Labute approximate surface area is 144 Å². The van der Waals surface area contributed by atoms with Crippen molar-refractivity contribution in [2.75, 3.05) is 5.73 Å². The smallest absolute Gasteiger partial charge is 0.365 e. The summed E-state index contributed by atoms with van der Waals surface area (Å²) in [6.45, 7) is 2.68. The maximum absolute atomic E-state index is 10.9. The molecule has 0 aliphatic heterocycles. The van der Waals surface area contributed by atoms with E-state index in [1.165, 1.54) is 6.33 Å². The molecule has 2 unspecified atom stereocenters. The Morgan fingerprint density at radius 1 is 1.32 bits per heavy atom. The fraction of sp³-hybridized carbons (Fsp3) is 0.267. The van der Waals surface area contributed by atoms with Crippen molar-refractivity contribution in [3.63, 3.8) is 0 Å². The number of anilines is 1. The van der Waals surface area contributed by atoms with Crippen molar-refractivity contribution in [3.8, 4) is 5.75 Å². The fourth-order valence-electron chi connectivity index (χ4n) is 2.41. The minimum atomic E-state index is -3.06. The molecule has 0 radical (unpaired) electrons. The van der Waals surface area contributed by atoms with Crippen LogP contribution in [0.15, 0.2) is 36.9 Å². The molecule has 0 bridgehead atoms. The number of hydrogen-bond donors (Lipinski definition) is 2. The average molecular weight is 363 g/mol. The minimum Gasteiger partial charge on any atom is -0.426 e. The van der Waals surface area contributed by atoms with Crippen LogP contribution in [-0.4, -0.2) is 30.5 Å². The summed E-state index contributed by atoms with van der Waals surface area (Å²) in [6.07, 6.45) is 2.88. The van der Waals surface area contributed by atoms with Gasteiger partial charge in [0.2, 0.25) is 0 Å². The quantitative estimate of drug-likeness (QED) is 0.609. The van der Waals surface area contributed by atoms with E-state index in [0.29, 0.717) is 34.8 Å². The summed E-state index contributed by atoms with van der Waals surface area (Å²) in [7, 11) is -3.06. The van der Waals surface area contributed by atoms with Gasteiger partial charge in [-0.15, -0.1) is 0 Å². The van der Waals surface area contributed by atoms with E-state index in [4.69, 9.17) is 19.9 Å². The van der Waals surface area contributed by atoms with E-state index < -0.39 is 8.25 Å². The van der Waals surface area contributed by atoms with Crippen molar-refractivity contribution in [3.05, 3.63) is 42.5 Å². The predicted molar refractivity (Wildman–Crippen MR) is 92.3 cm³/mol. The summed E-state index contributed by atoms with van der Waals surface area (Å²) >= 11 is 0. The van der Waals surface area contributed by atoms with E-state index >= 15 is 0 Å². The standard InChI is InChI=1S/C15H18N5O4P/c1-10(6-20-9-19-13-14(16)17-8-18-15(13)20)23-7-11-4-2-3-5-12(11)24-25(21)22/h2-5,8-10,25H,6-7H2,1H3,(H,21,22)(H2,16,17,18). The van der Waals surface area contributed by atoms with E-state index in [1.54, 1.807) is 24.5 Å². The molecule has 1 aromatic carbocycles. The van der Waals surface area contributed by atoms with Gasteiger partial charge in [-0.05, 0) is 13.0 Å². The predicted octanol–water partition coefficient (Wildman–Crippen LogP) is 1.77. The van der Waals surface area contributed by atoms with Gasteiger partial charge in [0.05, 0.1) is 25.6 Å². The molecule has 0 fully saturated rings. The molecule has 2 heterocycles. The highest BCUT2D eigenvalue weighted by Gasteiger charge is 2.12. The summed E-state index contributed by atoms with van der Waals surface area (Å²) in [5, 5.41) is 0. The molecule has 10 heteroatoms. The minimum absolute atomic E-state index is 0.159. The third kappa shape index (κ3) is 4.14. The number of rotatable bonds is 7. The van der Waals surface area contributed by atoms with Crippen LogP contribution < -0.4 is 10.3 Å². The van der Waals surface area contributed by atoms with Gasteiger partial charge in [0.25, 0.3) is 0 Å². The maximum Gasteiger partial charge on any atom is 0.365 e. The molecule has 2 atom stereocenters. The molecule has 0 saturated heterocycles. The van der Waals surface area contributed by atoms with Crippen LogP contribution in [0.5, 0.6) is 5.75 Å². The van der Waals surface area contributed by atoms with Crippen molar-refractivity contribution < 1.29 is 18.7 Å². The summed E-state index contributed by atoms with van der Waals surface area (Å²) in [4.78, 5) is 21.3. The van der Waals surface area contributed by atoms with Crippen LogP contribution in [0.3, 0.4) is 0 Å². The SMILES string of the molecule is CC(Cn1cnc2c(N)ncnc21)OCc1ccccc1O[PH](=O)O. The van der Waals surface area contributed by atoms with Gasteiger partial charge in [-0.25, -0.2) is 19.5 Å². The van der Waals surface area contributed by atoms with Crippen molar-refractivity contribution in [1.82, 2.24) is 19.5 Å². The monoisotopic (exact) mass is 363 g/mol. The van der Waals surface area contributed by atoms with Gasteiger partial charge in [-0.3, -0.25) is 0 Å². The normalized spacial score (nSPS) is 13.7. The first-order chi connectivity index (χ1) is 12.0. The Bertz CT molecular complexity index is 901. The van der Waals surface area contributed by atoms with E-state index in [2.05, 4.69) is 15.0 Å². The number of ether oxygens (including phenoxy) is 1. The molecule has 0 aliphatic rings. The molecule has 3 rings (SSSR count). The Kier molecular flexibility index (Phi) is 5.28. The number of nitrogens with two attached hydrogens (primary N) is 1. The zero-order valence-electron chi connectivity index (χ0n) is 13.5. The number of nitrogen functional groups attached to an aromatic ring is 1. The molecular formula is C15H18N5O4P. The van der Waals surface area contributed by atoms with Crippen LogP contribution in [-0.2, 0) is 22.5 Å². The average Bonchev–Trinajstić information content (AvgIpc) is 2.98. The second-order valence-electron chi connectivity index (χ2n) is 5.43. The number of aromatic nitrogens is 4. The third-order valence-electron chi connectivity index (χ3n) is 3.58. The van der Waals surface area contributed by atoms with E-state index in [9.17, 15) is 4.57 Å². The number of para-hydroxylation sites is 1. The summed E-state index contributed by atoms with van der Waals surface area (Å²) in [5.74, 6) is 0.678. The Morgan fingerprint density at radius 2 is 2.12 bits per heavy atom. The van der Waals surface area contributed by atoms with Gasteiger partial charge in [-0.2, -0.15) is 0 Å². The number of imidazole rings is 1.